The van der Waals surface area contributed by atoms with Crippen molar-refractivity contribution in [3.05, 3.63) is 49.7 Å². The minimum atomic E-state index is -0.701. The Morgan fingerprint density at radius 1 is 0.767 bits per heavy atom. The second-order valence-corrected chi connectivity index (χ2v) is 10.6. The predicted molar refractivity (Wildman–Crippen MR) is 141 cm³/mol. The van der Waals surface area contributed by atoms with Gasteiger partial charge >= 0.3 is 11.9 Å². The van der Waals surface area contributed by atoms with Crippen LogP contribution >= 0.6 is 90.4 Å². The molecule has 0 saturated heterocycles. The number of phenolic OH excluding ortho intramolecular Hbond substituents is 2. The maximum atomic E-state index is 12.1. The van der Waals surface area contributed by atoms with Crippen LogP contribution in [-0.4, -0.2) is 58.7 Å². The third-order valence-electron chi connectivity index (χ3n) is 3.66. The van der Waals surface area contributed by atoms with Crippen LogP contribution < -0.4 is 0 Å². The Labute approximate surface area is 226 Å². The van der Waals surface area contributed by atoms with Crippen molar-refractivity contribution in [1.29, 1.82) is 0 Å². The molecule has 2 aromatic carbocycles. The van der Waals surface area contributed by atoms with E-state index in [2.05, 4.69) is 0 Å². The molecule has 30 heavy (non-hydrogen) atoms. The first-order valence-corrected chi connectivity index (χ1v) is 12.6. The zero-order valence-corrected chi connectivity index (χ0v) is 23.7. The van der Waals surface area contributed by atoms with Gasteiger partial charge in [0.1, 0.15) is 35.8 Å². The van der Waals surface area contributed by atoms with Crippen molar-refractivity contribution in [1.82, 2.24) is 5.06 Å². The van der Waals surface area contributed by atoms with E-state index < -0.39 is 11.9 Å². The topological polar surface area (TPSA) is 117 Å². The molecule has 0 radical (unpaired) electrons. The third-order valence-corrected chi connectivity index (χ3v) is 6.55. The minimum Gasteiger partial charge on any atom is -0.506 e. The summed E-state index contributed by atoms with van der Waals surface area (Å²) in [5.74, 6) is -1.70. The van der Waals surface area contributed by atoms with Crippen LogP contribution in [0.15, 0.2) is 24.3 Å². The first-order chi connectivity index (χ1) is 14.1. The summed E-state index contributed by atoms with van der Waals surface area (Å²) in [6, 6.07) is 6.47. The van der Waals surface area contributed by atoms with E-state index in [0.29, 0.717) is 7.14 Å². The maximum absolute atomic E-state index is 12.1. The lowest BCUT2D eigenvalue weighted by Gasteiger charge is -2.15. The molecule has 0 unspecified atom stereocenters. The monoisotopic (exact) mass is 865 g/mol. The second kappa shape index (κ2) is 12.2. The molecule has 0 fully saturated rings. The van der Waals surface area contributed by atoms with Crippen LogP contribution in [0.2, 0.25) is 0 Å². The normalized spacial score (nSPS) is 10.9. The molecule has 162 valence electrons. The number of rotatable bonds is 8. The van der Waals surface area contributed by atoms with E-state index in [1.54, 1.807) is 12.1 Å². The summed E-state index contributed by atoms with van der Waals surface area (Å²) in [6.45, 7) is -0.282. The molecule has 2 rings (SSSR count). The molecule has 0 spiro atoms. The van der Waals surface area contributed by atoms with Gasteiger partial charge < -0.3 is 24.9 Å². The number of esters is 2. The van der Waals surface area contributed by atoms with Crippen molar-refractivity contribution >= 4 is 102 Å². The molecule has 3 N–H and O–H groups in total. The zero-order valence-electron chi connectivity index (χ0n) is 15.1. The fourth-order valence-corrected chi connectivity index (χ4v) is 5.89. The van der Waals surface area contributed by atoms with Gasteiger partial charge in [-0.3, -0.25) is 0 Å². The molecule has 0 heterocycles. The molecule has 0 amide bonds. The molecule has 0 aliphatic rings. The van der Waals surface area contributed by atoms with E-state index in [4.69, 9.17) is 9.47 Å². The summed E-state index contributed by atoms with van der Waals surface area (Å²) < 4.78 is 12.8. The minimum absolute atomic E-state index is 0.0164. The Balaban J connectivity index is 1.77. The average molecular weight is 865 g/mol. The van der Waals surface area contributed by atoms with Crippen LogP contribution in [-0.2, 0) is 9.47 Å². The molecule has 0 atom stereocenters. The molecule has 8 nitrogen and oxygen atoms in total. The summed E-state index contributed by atoms with van der Waals surface area (Å²) in [7, 11) is 0. The van der Waals surface area contributed by atoms with Crippen LogP contribution in [0.3, 0.4) is 0 Å². The number of carbonyl (C=O) groups is 2. The Bertz CT molecular complexity index is 879. The number of hydrogen-bond donors (Lipinski definition) is 3. The Kier molecular flexibility index (Phi) is 10.6. The van der Waals surface area contributed by atoms with Gasteiger partial charge in [-0.1, -0.05) is 0 Å². The summed E-state index contributed by atoms with van der Waals surface area (Å²) in [6.07, 6.45) is 0. The van der Waals surface area contributed by atoms with Gasteiger partial charge in [-0.2, -0.15) is 5.06 Å². The summed E-state index contributed by atoms with van der Waals surface area (Å²) in [5.41, 5.74) is 0.105. The van der Waals surface area contributed by atoms with Gasteiger partial charge in [0.25, 0.3) is 0 Å². The van der Waals surface area contributed by atoms with Gasteiger partial charge in [0.2, 0.25) is 0 Å². The van der Waals surface area contributed by atoms with Crippen molar-refractivity contribution in [2.45, 2.75) is 0 Å². The second-order valence-electron chi connectivity index (χ2n) is 5.79. The summed E-state index contributed by atoms with van der Waals surface area (Å²) in [5, 5.41) is 30.6. The van der Waals surface area contributed by atoms with E-state index in [0.717, 1.165) is 12.2 Å². The number of phenols is 2. The number of ether oxygens (including phenoxy) is 2. The fourth-order valence-electron chi connectivity index (χ4n) is 2.20. The highest BCUT2D eigenvalue weighted by Gasteiger charge is 2.18. The molecule has 0 aliphatic carbocycles. The number of hydroxylamine groups is 2. The molecule has 0 bridgehead atoms. The zero-order chi connectivity index (χ0) is 22.4. The van der Waals surface area contributed by atoms with Crippen molar-refractivity contribution < 1.29 is 34.5 Å². The summed E-state index contributed by atoms with van der Waals surface area (Å²) >= 11 is 7.90. The molecule has 0 aromatic heterocycles. The Hall–Kier alpha value is -0.180. The van der Waals surface area contributed by atoms with Gasteiger partial charge in [0, 0.05) is 7.14 Å². The van der Waals surface area contributed by atoms with E-state index in [1.165, 1.54) is 12.1 Å². The quantitative estimate of drug-likeness (QED) is 0.206. The van der Waals surface area contributed by atoms with Gasteiger partial charge in [-0.05, 0) is 115 Å². The molecule has 0 aliphatic heterocycles. The number of benzene rings is 2. The van der Waals surface area contributed by atoms with Crippen LogP contribution in [0.5, 0.6) is 11.5 Å². The van der Waals surface area contributed by atoms with Crippen LogP contribution in [0, 0.1) is 14.3 Å². The number of nitrogens with zero attached hydrogens (tertiary/aromatic N) is 1. The highest BCUT2D eigenvalue weighted by molar-refractivity contribution is 14.1. The lowest BCUT2D eigenvalue weighted by molar-refractivity contribution is -0.107. The largest absolute Gasteiger partial charge is 0.506 e. The Morgan fingerprint density at radius 2 is 1.13 bits per heavy atom. The van der Waals surface area contributed by atoms with Gasteiger partial charge in [0.15, 0.2) is 0 Å². The highest BCUT2D eigenvalue weighted by Crippen LogP contribution is 2.28. The van der Waals surface area contributed by atoms with Crippen molar-refractivity contribution in [2.75, 3.05) is 26.3 Å². The predicted octanol–water partition coefficient (Wildman–Crippen LogP) is 4.22. The van der Waals surface area contributed by atoms with Crippen LogP contribution in [0.4, 0.5) is 0 Å². The van der Waals surface area contributed by atoms with Crippen LogP contribution in [0.1, 0.15) is 20.7 Å². The first kappa shape index (κ1) is 26.1. The highest BCUT2D eigenvalue weighted by atomic mass is 127. The van der Waals surface area contributed by atoms with E-state index in [9.17, 15) is 25.0 Å². The number of hydrogen-bond acceptors (Lipinski definition) is 8. The van der Waals surface area contributed by atoms with E-state index in [1.807, 2.05) is 90.4 Å². The van der Waals surface area contributed by atoms with Crippen molar-refractivity contribution in [3.63, 3.8) is 0 Å². The lowest BCUT2D eigenvalue weighted by atomic mass is 10.2. The van der Waals surface area contributed by atoms with Gasteiger partial charge in [0.05, 0.1) is 20.2 Å². The number of aromatic hydroxyl groups is 2. The SMILES string of the molecule is O=C(OCCN(O)CCOC(=O)c1cc(I)cc(I)c1O)c1cc(I)cc(I)c1O. The standard InChI is InChI=1S/C18H15I4NO7/c19-9-5-11(15(24)13(21)7-9)17(26)29-3-1-23(28)2-4-30-18(27)12-6-10(20)8-14(22)16(12)25/h5-8,24-25,28H,1-4H2. The van der Waals surface area contributed by atoms with Crippen molar-refractivity contribution in [2.24, 2.45) is 0 Å². The van der Waals surface area contributed by atoms with Gasteiger partial charge in [-0.15, -0.1) is 0 Å². The third kappa shape index (κ3) is 7.45. The smallest absolute Gasteiger partial charge is 0.342 e. The first-order valence-electron chi connectivity index (χ1n) is 8.24. The molecule has 12 heteroatoms. The maximum Gasteiger partial charge on any atom is 0.342 e. The molecule has 2 aromatic rings. The molecular weight excluding hydrogens is 850 g/mol. The van der Waals surface area contributed by atoms with E-state index in [-0.39, 0.29) is 48.9 Å². The Morgan fingerprint density at radius 3 is 1.50 bits per heavy atom. The lowest BCUT2D eigenvalue weighted by Crippen LogP contribution is -2.29. The van der Waals surface area contributed by atoms with E-state index >= 15 is 0 Å². The average Bonchev–Trinajstić information content (AvgIpc) is 2.67. The summed E-state index contributed by atoms with van der Waals surface area (Å²) in [4.78, 5) is 24.2. The molecule has 0 saturated carbocycles. The molecular formula is C18H15I4NO7. The van der Waals surface area contributed by atoms with Gasteiger partial charge in [-0.25, -0.2) is 9.59 Å². The number of halogens is 4. The number of carbonyl (C=O) groups excluding carboxylic acids is 2. The van der Waals surface area contributed by atoms with Crippen molar-refractivity contribution in [3.8, 4) is 11.5 Å². The van der Waals surface area contributed by atoms with Crippen LogP contribution in [0.25, 0.3) is 0 Å². The fraction of sp³-hybridized carbons (Fsp3) is 0.222.